The molecule has 0 N–H and O–H groups in total. The number of alkyl halides is 1. The molecular formula is C15H19ClN4O. The third-order valence-electron chi connectivity index (χ3n) is 3.59. The summed E-state index contributed by atoms with van der Waals surface area (Å²) in [7, 11) is 0. The van der Waals surface area contributed by atoms with Gasteiger partial charge in [0.25, 0.3) is 0 Å². The number of hydrogen-bond donors (Lipinski definition) is 0. The van der Waals surface area contributed by atoms with Crippen LogP contribution >= 0.6 is 11.6 Å². The van der Waals surface area contributed by atoms with E-state index in [1.54, 1.807) is 0 Å². The molecule has 5 nitrogen and oxygen atoms in total. The number of fused-ring (bicyclic) bond motifs is 1. The average Bonchev–Trinajstić information content (AvgIpc) is 3.08. The number of furan rings is 1. The minimum atomic E-state index is -0.168. The predicted molar refractivity (Wildman–Crippen MR) is 82.7 cm³/mol. The Morgan fingerprint density at radius 3 is 2.67 bits per heavy atom. The molecule has 0 aliphatic heterocycles. The van der Waals surface area contributed by atoms with Gasteiger partial charge in [0.05, 0.1) is 17.6 Å². The van der Waals surface area contributed by atoms with Crippen molar-refractivity contribution in [2.75, 3.05) is 0 Å². The number of nitrogens with zero attached hydrogens (tertiary/aromatic N) is 4. The third kappa shape index (κ3) is 2.35. The van der Waals surface area contributed by atoms with E-state index in [4.69, 9.17) is 16.0 Å². The third-order valence-corrected chi connectivity index (χ3v) is 3.79. The molecule has 1 unspecified atom stereocenters. The van der Waals surface area contributed by atoms with Gasteiger partial charge in [-0.15, -0.1) is 11.6 Å². The van der Waals surface area contributed by atoms with Crippen molar-refractivity contribution in [2.45, 2.75) is 46.2 Å². The van der Waals surface area contributed by atoms with Crippen LogP contribution in [0.1, 0.15) is 42.3 Å². The lowest BCUT2D eigenvalue weighted by Gasteiger charge is -2.10. The van der Waals surface area contributed by atoms with Gasteiger partial charge in [-0.1, -0.05) is 0 Å². The van der Waals surface area contributed by atoms with Crippen LogP contribution in [0, 0.1) is 13.8 Å². The van der Waals surface area contributed by atoms with E-state index in [9.17, 15) is 0 Å². The van der Waals surface area contributed by atoms with E-state index < -0.39 is 0 Å². The fourth-order valence-electron chi connectivity index (χ4n) is 2.65. The van der Waals surface area contributed by atoms with Crippen LogP contribution in [-0.2, 0) is 13.1 Å². The lowest BCUT2D eigenvalue weighted by atomic mass is 10.4. The smallest absolute Gasteiger partial charge is 0.159 e. The van der Waals surface area contributed by atoms with Crippen LogP contribution in [0.2, 0.25) is 0 Å². The highest BCUT2D eigenvalue weighted by Crippen LogP contribution is 2.27. The molecule has 0 aromatic carbocycles. The molecule has 0 aliphatic carbocycles. The van der Waals surface area contributed by atoms with E-state index >= 15 is 0 Å². The Kier molecular flexibility index (Phi) is 3.53. The quantitative estimate of drug-likeness (QED) is 0.689. The second kappa shape index (κ2) is 5.22. The Balaban J connectivity index is 2.19. The second-order valence-electron chi connectivity index (χ2n) is 5.26. The van der Waals surface area contributed by atoms with Gasteiger partial charge < -0.3 is 8.98 Å². The van der Waals surface area contributed by atoms with Gasteiger partial charge in [-0.3, -0.25) is 0 Å². The number of halogens is 1. The van der Waals surface area contributed by atoms with Crippen molar-refractivity contribution in [2.24, 2.45) is 0 Å². The highest BCUT2D eigenvalue weighted by Gasteiger charge is 2.21. The van der Waals surface area contributed by atoms with E-state index in [1.165, 1.54) is 0 Å². The van der Waals surface area contributed by atoms with Gasteiger partial charge in [-0.25, -0.2) is 9.67 Å². The highest BCUT2D eigenvalue weighted by molar-refractivity contribution is 6.20. The Morgan fingerprint density at radius 1 is 1.33 bits per heavy atom. The van der Waals surface area contributed by atoms with Crippen molar-refractivity contribution in [3.05, 3.63) is 35.2 Å². The summed E-state index contributed by atoms with van der Waals surface area (Å²) >= 11 is 6.31. The SMILES string of the molecule is CCn1nc(C)c2nc(C(C)Cl)n(Cc3ccc(C)o3)c21. The topological polar surface area (TPSA) is 48.8 Å². The zero-order valence-corrected chi connectivity index (χ0v) is 13.5. The van der Waals surface area contributed by atoms with Crippen molar-refractivity contribution in [1.82, 2.24) is 19.3 Å². The van der Waals surface area contributed by atoms with Gasteiger partial charge in [0.15, 0.2) is 5.65 Å². The van der Waals surface area contributed by atoms with Gasteiger partial charge in [0, 0.05) is 6.54 Å². The number of aromatic nitrogens is 4. The van der Waals surface area contributed by atoms with E-state index in [1.807, 2.05) is 37.6 Å². The molecule has 0 saturated carbocycles. The Morgan fingerprint density at radius 2 is 2.10 bits per heavy atom. The zero-order valence-electron chi connectivity index (χ0n) is 12.7. The van der Waals surface area contributed by atoms with Gasteiger partial charge >= 0.3 is 0 Å². The fraction of sp³-hybridized carbons (Fsp3) is 0.467. The molecule has 0 saturated heterocycles. The maximum atomic E-state index is 6.31. The van der Waals surface area contributed by atoms with Gasteiger partial charge in [0.2, 0.25) is 0 Å². The molecule has 21 heavy (non-hydrogen) atoms. The summed E-state index contributed by atoms with van der Waals surface area (Å²) in [6.45, 7) is 9.34. The lowest BCUT2D eigenvalue weighted by molar-refractivity contribution is 0.466. The van der Waals surface area contributed by atoms with Crippen LogP contribution < -0.4 is 0 Å². The minimum Gasteiger partial charge on any atom is -0.464 e. The summed E-state index contributed by atoms with van der Waals surface area (Å²) in [5, 5.41) is 4.37. The average molecular weight is 307 g/mol. The van der Waals surface area contributed by atoms with Gasteiger partial charge in [-0.05, 0) is 39.8 Å². The number of hydrogen-bond acceptors (Lipinski definition) is 3. The standard InChI is InChI=1S/C15H19ClN4O/c1-5-20-15-13(11(4)18-20)17-14(10(3)16)19(15)8-12-7-6-9(2)21-12/h6-7,10H,5,8H2,1-4H3. The first-order chi connectivity index (χ1) is 10.0. The van der Waals surface area contributed by atoms with Crippen molar-refractivity contribution >= 4 is 22.8 Å². The van der Waals surface area contributed by atoms with Crippen molar-refractivity contribution in [3.8, 4) is 0 Å². The molecular weight excluding hydrogens is 288 g/mol. The first kappa shape index (κ1) is 14.2. The fourth-order valence-corrected chi connectivity index (χ4v) is 2.81. The van der Waals surface area contributed by atoms with Crippen molar-refractivity contribution in [1.29, 1.82) is 0 Å². The molecule has 3 heterocycles. The van der Waals surface area contributed by atoms with Crippen LogP contribution in [0.25, 0.3) is 11.2 Å². The number of aryl methyl sites for hydroxylation is 3. The first-order valence-corrected chi connectivity index (χ1v) is 7.57. The van der Waals surface area contributed by atoms with Crippen molar-refractivity contribution in [3.63, 3.8) is 0 Å². The van der Waals surface area contributed by atoms with Crippen LogP contribution in [0.15, 0.2) is 16.5 Å². The van der Waals surface area contributed by atoms with E-state index in [0.717, 1.165) is 40.7 Å². The number of imidazole rings is 1. The molecule has 3 rings (SSSR count). The summed E-state index contributed by atoms with van der Waals surface area (Å²) in [6.07, 6.45) is 0. The second-order valence-corrected chi connectivity index (χ2v) is 5.91. The van der Waals surface area contributed by atoms with Crippen LogP contribution in [0.3, 0.4) is 0 Å². The molecule has 3 aromatic rings. The summed E-state index contributed by atoms with van der Waals surface area (Å²) in [6, 6.07) is 3.96. The highest BCUT2D eigenvalue weighted by atomic mass is 35.5. The predicted octanol–water partition coefficient (Wildman–Crippen LogP) is 3.81. The maximum absolute atomic E-state index is 6.31. The summed E-state index contributed by atoms with van der Waals surface area (Å²) in [5.41, 5.74) is 2.86. The maximum Gasteiger partial charge on any atom is 0.159 e. The molecule has 3 aromatic heterocycles. The van der Waals surface area contributed by atoms with E-state index in [0.29, 0.717) is 6.54 Å². The van der Waals surface area contributed by atoms with Crippen molar-refractivity contribution < 1.29 is 4.42 Å². The molecule has 0 spiro atoms. The molecule has 1 atom stereocenters. The summed E-state index contributed by atoms with van der Waals surface area (Å²) < 4.78 is 9.77. The molecule has 0 radical (unpaired) electrons. The Bertz CT molecular complexity index is 781. The molecule has 0 bridgehead atoms. The van der Waals surface area contributed by atoms with E-state index in [-0.39, 0.29) is 5.38 Å². The van der Waals surface area contributed by atoms with Gasteiger partial charge in [-0.2, -0.15) is 5.10 Å². The monoisotopic (exact) mass is 306 g/mol. The van der Waals surface area contributed by atoms with Gasteiger partial charge in [0.1, 0.15) is 22.9 Å². The minimum absolute atomic E-state index is 0.168. The summed E-state index contributed by atoms with van der Waals surface area (Å²) in [4.78, 5) is 4.69. The molecule has 0 amide bonds. The normalized spacial score (nSPS) is 13.2. The Labute approximate surface area is 128 Å². The molecule has 6 heteroatoms. The number of rotatable bonds is 4. The zero-order chi connectivity index (χ0) is 15.1. The van der Waals surface area contributed by atoms with Crippen LogP contribution in [0.5, 0.6) is 0 Å². The lowest BCUT2D eigenvalue weighted by Crippen LogP contribution is -2.09. The first-order valence-electron chi connectivity index (χ1n) is 7.14. The molecule has 112 valence electrons. The molecule has 0 aliphatic rings. The van der Waals surface area contributed by atoms with Crippen LogP contribution in [-0.4, -0.2) is 19.3 Å². The van der Waals surface area contributed by atoms with E-state index in [2.05, 4.69) is 21.6 Å². The molecule has 0 fully saturated rings. The summed E-state index contributed by atoms with van der Waals surface area (Å²) in [5.74, 6) is 2.65. The Hall–Kier alpha value is -1.75. The van der Waals surface area contributed by atoms with Crippen LogP contribution in [0.4, 0.5) is 0 Å². The largest absolute Gasteiger partial charge is 0.464 e.